The Hall–Kier alpha value is -2.99. The number of hydrogen-bond donors (Lipinski definition) is 0. The summed E-state index contributed by atoms with van der Waals surface area (Å²) in [4.78, 5) is 25.9. The minimum atomic E-state index is -0.707. The van der Waals surface area contributed by atoms with E-state index >= 15 is 0 Å². The van der Waals surface area contributed by atoms with Crippen LogP contribution in [0.3, 0.4) is 0 Å². The number of esters is 1. The molecule has 3 aromatic rings. The van der Waals surface area contributed by atoms with Crippen LogP contribution in [-0.4, -0.2) is 37.5 Å². The van der Waals surface area contributed by atoms with Crippen LogP contribution in [0.1, 0.15) is 16.1 Å². The number of ether oxygens (including phenoxy) is 2. The highest BCUT2D eigenvalue weighted by atomic mass is 35.5. The Morgan fingerprint density at radius 3 is 2.70 bits per heavy atom. The third-order valence-electron chi connectivity index (χ3n) is 4.03. The predicted molar refractivity (Wildman–Crippen MR) is 101 cm³/mol. The number of nitrogens with zero attached hydrogens (tertiary/aromatic N) is 1. The van der Waals surface area contributed by atoms with Crippen LogP contribution in [0.2, 0.25) is 5.02 Å². The van der Waals surface area contributed by atoms with E-state index in [1.165, 1.54) is 11.0 Å². The normalized spacial score (nSPS) is 10.6. The molecule has 0 radical (unpaired) electrons. The summed E-state index contributed by atoms with van der Waals surface area (Å²) in [6, 6.07) is 14.0. The molecule has 0 aliphatic carbocycles. The molecule has 1 amide bonds. The Kier molecular flexibility index (Phi) is 5.66. The van der Waals surface area contributed by atoms with E-state index in [0.717, 1.165) is 5.56 Å². The van der Waals surface area contributed by atoms with Gasteiger partial charge in [0.25, 0.3) is 5.91 Å². The highest BCUT2D eigenvalue weighted by Gasteiger charge is 2.18. The van der Waals surface area contributed by atoms with Gasteiger partial charge in [-0.3, -0.25) is 4.79 Å². The molecule has 3 rings (SSSR count). The molecule has 0 N–H and O–H groups in total. The van der Waals surface area contributed by atoms with Gasteiger partial charge in [0.15, 0.2) is 6.61 Å². The average molecular weight is 388 g/mol. The van der Waals surface area contributed by atoms with Crippen LogP contribution in [0.5, 0.6) is 5.75 Å². The van der Waals surface area contributed by atoms with Gasteiger partial charge in [-0.2, -0.15) is 0 Å². The molecule has 1 aromatic heterocycles. The molecule has 0 aliphatic rings. The largest absolute Gasteiger partial charge is 0.496 e. The Bertz CT molecular complexity index is 981. The maximum absolute atomic E-state index is 12.3. The number of benzene rings is 2. The van der Waals surface area contributed by atoms with Gasteiger partial charge in [-0.15, -0.1) is 0 Å². The van der Waals surface area contributed by atoms with Crippen LogP contribution in [0.4, 0.5) is 0 Å². The molecule has 140 valence electrons. The first kappa shape index (κ1) is 18.8. The lowest BCUT2D eigenvalue weighted by Gasteiger charge is -2.18. The van der Waals surface area contributed by atoms with Crippen LogP contribution < -0.4 is 4.74 Å². The summed E-state index contributed by atoms with van der Waals surface area (Å²) < 4.78 is 15.8. The quantitative estimate of drug-likeness (QED) is 0.600. The fourth-order valence-corrected chi connectivity index (χ4v) is 2.78. The summed E-state index contributed by atoms with van der Waals surface area (Å²) in [5.74, 6) is -0.336. The van der Waals surface area contributed by atoms with Crippen LogP contribution in [0.25, 0.3) is 11.0 Å². The van der Waals surface area contributed by atoms with Crippen molar-refractivity contribution in [3.63, 3.8) is 0 Å². The van der Waals surface area contributed by atoms with Crippen molar-refractivity contribution in [2.45, 2.75) is 6.54 Å². The van der Waals surface area contributed by atoms with Gasteiger partial charge in [-0.1, -0.05) is 29.8 Å². The number of carbonyl (C=O) groups is 2. The number of carbonyl (C=O) groups excluding carboxylic acids is 2. The number of hydrogen-bond acceptors (Lipinski definition) is 5. The van der Waals surface area contributed by atoms with Gasteiger partial charge in [0.05, 0.1) is 7.11 Å². The van der Waals surface area contributed by atoms with Crippen LogP contribution in [0, 0.1) is 0 Å². The van der Waals surface area contributed by atoms with Gasteiger partial charge in [0.1, 0.15) is 11.3 Å². The lowest BCUT2D eigenvalue weighted by atomic mass is 10.2. The van der Waals surface area contributed by atoms with E-state index in [4.69, 9.17) is 25.5 Å². The molecule has 0 atom stereocenters. The Morgan fingerprint density at radius 1 is 1.15 bits per heavy atom. The molecule has 0 saturated heterocycles. The molecule has 7 heteroatoms. The number of amides is 1. The minimum absolute atomic E-state index is 0.0208. The maximum atomic E-state index is 12.3. The summed E-state index contributed by atoms with van der Waals surface area (Å²) in [5.41, 5.74) is 1.38. The molecule has 27 heavy (non-hydrogen) atoms. The second-order valence-corrected chi connectivity index (χ2v) is 6.37. The SMILES string of the molecule is COc1ccccc1CN(C)C(=O)COC(=O)c1cc2cc(Cl)ccc2o1. The molecule has 0 bridgehead atoms. The Labute approximate surface area is 161 Å². The molecule has 0 unspecified atom stereocenters. The van der Waals surface area contributed by atoms with Gasteiger partial charge >= 0.3 is 5.97 Å². The maximum Gasteiger partial charge on any atom is 0.374 e. The van der Waals surface area contributed by atoms with Gasteiger partial charge in [-0.05, 0) is 30.3 Å². The fraction of sp³-hybridized carbons (Fsp3) is 0.200. The van der Waals surface area contributed by atoms with E-state index in [9.17, 15) is 9.59 Å². The smallest absolute Gasteiger partial charge is 0.374 e. The first-order valence-electron chi connectivity index (χ1n) is 8.20. The predicted octanol–water partition coefficient (Wildman–Crippen LogP) is 3.91. The fourth-order valence-electron chi connectivity index (χ4n) is 2.60. The zero-order valence-electron chi connectivity index (χ0n) is 14.9. The molecule has 0 saturated carbocycles. The zero-order chi connectivity index (χ0) is 19.4. The van der Waals surface area contributed by atoms with Crippen molar-refractivity contribution in [1.82, 2.24) is 4.90 Å². The van der Waals surface area contributed by atoms with E-state index in [1.54, 1.807) is 32.4 Å². The van der Waals surface area contributed by atoms with E-state index in [-0.39, 0.29) is 18.3 Å². The number of para-hydroxylation sites is 1. The third-order valence-corrected chi connectivity index (χ3v) is 4.27. The second kappa shape index (κ2) is 8.14. The van der Waals surface area contributed by atoms with Crippen molar-refractivity contribution in [2.24, 2.45) is 0 Å². The lowest BCUT2D eigenvalue weighted by Crippen LogP contribution is -2.30. The summed E-state index contributed by atoms with van der Waals surface area (Å²) >= 11 is 5.92. The van der Waals surface area contributed by atoms with Gasteiger partial charge in [-0.25, -0.2) is 4.79 Å². The van der Waals surface area contributed by atoms with Crippen molar-refractivity contribution in [3.8, 4) is 5.75 Å². The first-order valence-corrected chi connectivity index (χ1v) is 8.58. The van der Waals surface area contributed by atoms with Gasteiger partial charge < -0.3 is 18.8 Å². The summed E-state index contributed by atoms with van der Waals surface area (Å²) in [6.07, 6.45) is 0. The molecule has 6 nitrogen and oxygen atoms in total. The van der Waals surface area contributed by atoms with Crippen LogP contribution in [-0.2, 0) is 16.1 Å². The van der Waals surface area contributed by atoms with E-state index in [0.29, 0.717) is 28.3 Å². The molecular formula is C20H18ClNO5. The molecule has 2 aromatic carbocycles. The van der Waals surface area contributed by atoms with E-state index < -0.39 is 5.97 Å². The highest BCUT2D eigenvalue weighted by Crippen LogP contribution is 2.23. The first-order chi connectivity index (χ1) is 13.0. The van der Waals surface area contributed by atoms with E-state index in [1.807, 2.05) is 24.3 Å². The Balaban J connectivity index is 1.59. The number of likely N-dealkylation sites (N-methyl/N-ethyl adjacent to an activating group) is 1. The van der Waals surface area contributed by atoms with Gasteiger partial charge in [0.2, 0.25) is 5.76 Å². The molecule has 0 fully saturated rings. The minimum Gasteiger partial charge on any atom is -0.496 e. The zero-order valence-corrected chi connectivity index (χ0v) is 15.7. The summed E-state index contributed by atoms with van der Waals surface area (Å²) in [7, 11) is 3.20. The lowest BCUT2D eigenvalue weighted by molar-refractivity contribution is -0.133. The number of methoxy groups -OCH3 is 1. The Morgan fingerprint density at radius 2 is 1.93 bits per heavy atom. The molecule has 0 aliphatic heterocycles. The van der Waals surface area contributed by atoms with E-state index in [2.05, 4.69) is 0 Å². The topological polar surface area (TPSA) is 69.0 Å². The molecule has 0 spiro atoms. The molecular weight excluding hydrogens is 370 g/mol. The van der Waals surface area contributed by atoms with Crippen molar-refractivity contribution in [1.29, 1.82) is 0 Å². The third kappa shape index (κ3) is 4.41. The number of rotatable bonds is 6. The van der Waals surface area contributed by atoms with Crippen LogP contribution in [0.15, 0.2) is 52.9 Å². The summed E-state index contributed by atoms with van der Waals surface area (Å²) in [6.45, 7) is -0.0498. The number of furan rings is 1. The van der Waals surface area contributed by atoms with Crippen LogP contribution >= 0.6 is 11.6 Å². The standard InChI is InChI=1S/C20H18ClNO5/c1-22(11-13-5-3-4-6-16(13)25-2)19(23)12-26-20(24)18-10-14-9-15(21)7-8-17(14)27-18/h3-10H,11-12H2,1-2H3. The highest BCUT2D eigenvalue weighted by molar-refractivity contribution is 6.31. The van der Waals surface area contributed by atoms with Crippen molar-refractivity contribution in [3.05, 3.63) is 64.9 Å². The monoisotopic (exact) mass is 387 g/mol. The number of fused-ring (bicyclic) bond motifs is 1. The van der Waals surface area contributed by atoms with Crippen molar-refractivity contribution in [2.75, 3.05) is 20.8 Å². The van der Waals surface area contributed by atoms with Crippen molar-refractivity contribution >= 4 is 34.4 Å². The average Bonchev–Trinajstić information content (AvgIpc) is 3.09. The second-order valence-electron chi connectivity index (χ2n) is 5.93. The molecule has 1 heterocycles. The van der Waals surface area contributed by atoms with Crippen molar-refractivity contribution < 1.29 is 23.5 Å². The summed E-state index contributed by atoms with van der Waals surface area (Å²) in [5, 5.41) is 1.23. The number of halogens is 1. The van der Waals surface area contributed by atoms with Gasteiger partial charge in [0, 0.05) is 29.6 Å².